The van der Waals surface area contributed by atoms with Crippen molar-refractivity contribution in [3.8, 4) is 5.75 Å². The molecule has 0 radical (unpaired) electrons. The Morgan fingerprint density at radius 2 is 1.86 bits per heavy atom. The zero-order chi connectivity index (χ0) is 25.9. The second-order valence-electron chi connectivity index (χ2n) is 9.90. The van der Waals surface area contributed by atoms with Crippen LogP contribution < -0.4 is 9.46 Å². The monoisotopic (exact) mass is 519 g/mol. The van der Waals surface area contributed by atoms with Gasteiger partial charge in [0.15, 0.2) is 5.69 Å². The number of aromatic nitrogens is 1. The molecule has 0 bridgehead atoms. The summed E-state index contributed by atoms with van der Waals surface area (Å²) >= 11 is 0. The zero-order valence-electron chi connectivity index (χ0n) is 21.6. The SMILES string of the molecule is COc1cc(C)c(S(=O)(=O)NCc2nc(C(=O)N3CCN(CC4CCCN(C)C4)CC3)co2)c(C)c1. The molecule has 2 aromatic rings. The van der Waals surface area contributed by atoms with Crippen molar-refractivity contribution in [1.29, 1.82) is 0 Å². The second-order valence-corrected chi connectivity index (χ2v) is 11.6. The maximum Gasteiger partial charge on any atom is 0.275 e. The number of nitrogens with zero attached hydrogens (tertiary/aromatic N) is 4. The van der Waals surface area contributed by atoms with Gasteiger partial charge in [-0.25, -0.2) is 18.1 Å². The largest absolute Gasteiger partial charge is 0.497 e. The lowest BCUT2D eigenvalue weighted by molar-refractivity contribution is 0.0583. The molecule has 4 rings (SSSR count). The number of oxazole rings is 1. The van der Waals surface area contributed by atoms with Crippen LogP contribution in [0, 0.1) is 19.8 Å². The van der Waals surface area contributed by atoms with Gasteiger partial charge in [0, 0.05) is 39.3 Å². The first-order chi connectivity index (χ1) is 17.2. The van der Waals surface area contributed by atoms with Crippen LogP contribution in [0.3, 0.4) is 0 Å². The third-order valence-corrected chi connectivity index (χ3v) is 8.73. The Balaban J connectivity index is 1.30. The molecule has 2 saturated heterocycles. The predicted octanol–water partition coefficient (Wildman–Crippen LogP) is 1.88. The second kappa shape index (κ2) is 11.3. The summed E-state index contributed by atoms with van der Waals surface area (Å²) < 4.78 is 39.0. The first-order valence-corrected chi connectivity index (χ1v) is 13.9. The Labute approximate surface area is 213 Å². The average Bonchev–Trinajstić information content (AvgIpc) is 3.31. The van der Waals surface area contributed by atoms with Gasteiger partial charge in [0.1, 0.15) is 12.0 Å². The molecule has 3 heterocycles. The summed E-state index contributed by atoms with van der Waals surface area (Å²) in [6, 6.07) is 3.35. The van der Waals surface area contributed by atoms with E-state index in [0.29, 0.717) is 35.9 Å². The molecule has 2 aliphatic heterocycles. The molecule has 36 heavy (non-hydrogen) atoms. The summed E-state index contributed by atoms with van der Waals surface area (Å²) in [6.07, 6.45) is 3.83. The molecule has 0 aliphatic carbocycles. The quantitative estimate of drug-likeness (QED) is 0.563. The lowest BCUT2D eigenvalue weighted by Crippen LogP contribution is -2.51. The van der Waals surface area contributed by atoms with Crippen LogP contribution in [0.1, 0.15) is 40.3 Å². The number of hydrogen-bond acceptors (Lipinski definition) is 8. The molecule has 1 unspecified atom stereocenters. The van der Waals surface area contributed by atoms with Crippen LogP contribution in [0.25, 0.3) is 0 Å². The number of hydrogen-bond donors (Lipinski definition) is 1. The maximum atomic E-state index is 13.0. The van der Waals surface area contributed by atoms with Gasteiger partial charge >= 0.3 is 0 Å². The van der Waals surface area contributed by atoms with Gasteiger partial charge < -0.3 is 19.0 Å². The lowest BCUT2D eigenvalue weighted by Gasteiger charge is -2.38. The lowest BCUT2D eigenvalue weighted by atomic mass is 9.97. The Hall–Kier alpha value is -2.47. The first-order valence-electron chi connectivity index (χ1n) is 12.5. The van der Waals surface area contributed by atoms with E-state index < -0.39 is 10.0 Å². The van der Waals surface area contributed by atoms with Crippen LogP contribution in [-0.4, -0.2) is 94.0 Å². The van der Waals surface area contributed by atoms with Crippen molar-refractivity contribution >= 4 is 15.9 Å². The Morgan fingerprint density at radius 3 is 2.50 bits per heavy atom. The summed E-state index contributed by atoms with van der Waals surface area (Å²) in [6.45, 7) is 9.67. The number of nitrogens with one attached hydrogen (secondary N) is 1. The molecule has 0 saturated carbocycles. The summed E-state index contributed by atoms with van der Waals surface area (Å²) in [5.74, 6) is 1.25. The fourth-order valence-electron chi connectivity index (χ4n) is 5.25. The molecule has 1 aromatic carbocycles. The molecule has 11 heteroatoms. The number of carbonyl (C=O) groups excluding carboxylic acids is 1. The Morgan fingerprint density at radius 1 is 1.17 bits per heavy atom. The van der Waals surface area contributed by atoms with Crippen molar-refractivity contribution in [2.75, 3.05) is 60.0 Å². The van der Waals surface area contributed by atoms with Gasteiger partial charge in [-0.15, -0.1) is 0 Å². The van der Waals surface area contributed by atoms with Gasteiger partial charge in [0.25, 0.3) is 5.91 Å². The number of piperidine rings is 1. The maximum absolute atomic E-state index is 13.0. The van der Waals surface area contributed by atoms with Crippen molar-refractivity contribution < 1.29 is 22.4 Å². The Bertz CT molecular complexity index is 1150. The highest BCUT2D eigenvalue weighted by molar-refractivity contribution is 7.89. The van der Waals surface area contributed by atoms with Gasteiger partial charge in [0.05, 0.1) is 18.6 Å². The molecular weight excluding hydrogens is 482 g/mol. The number of ether oxygens (including phenoxy) is 1. The number of amides is 1. The van der Waals surface area contributed by atoms with Gasteiger partial charge in [0.2, 0.25) is 15.9 Å². The molecule has 0 spiro atoms. The number of carbonyl (C=O) groups is 1. The predicted molar refractivity (Wildman–Crippen MR) is 136 cm³/mol. The van der Waals surface area contributed by atoms with Crippen LogP contribution in [0.15, 0.2) is 27.7 Å². The summed E-state index contributed by atoms with van der Waals surface area (Å²) in [7, 11) is -0.0861. The van der Waals surface area contributed by atoms with Crippen LogP contribution in [0.2, 0.25) is 0 Å². The van der Waals surface area contributed by atoms with E-state index in [1.165, 1.54) is 25.6 Å². The van der Waals surface area contributed by atoms with E-state index in [1.807, 2.05) is 0 Å². The van der Waals surface area contributed by atoms with Crippen LogP contribution in [0.4, 0.5) is 0 Å². The number of likely N-dealkylation sites (tertiary alicyclic amines) is 1. The molecule has 1 amide bonds. The number of aryl methyl sites for hydroxylation is 2. The van der Waals surface area contributed by atoms with Crippen LogP contribution >= 0.6 is 0 Å². The van der Waals surface area contributed by atoms with E-state index in [-0.39, 0.29) is 28.9 Å². The third kappa shape index (κ3) is 6.26. The van der Waals surface area contributed by atoms with Crippen molar-refractivity contribution in [3.63, 3.8) is 0 Å². The summed E-state index contributed by atoms with van der Waals surface area (Å²) in [4.78, 5) is 24.0. The van der Waals surface area contributed by atoms with E-state index in [0.717, 1.165) is 26.2 Å². The number of piperazine rings is 1. The molecule has 10 nitrogen and oxygen atoms in total. The highest BCUT2D eigenvalue weighted by Crippen LogP contribution is 2.26. The van der Waals surface area contributed by atoms with Gasteiger partial charge in [-0.05, 0) is 69.5 Å². The number of methoxy groups -OCH3 is 1. The summed E-state index contributed by atoms with van der Waals surface area (Å²) in [5.41, 5.74) is 1.36. The minimum atomic E-state index is -3.81. The van der Waals surface area contributed by atoms with Gasteiger partial charge in [-0.1, -0.05) is 0 Å². The summed E-state index contributed by atoms with van der Waals surface area (Å²) in [5, 5.41) is 0. The first kappa shape index (κ1) is 26.6. The number of sulfonamides is 1. The van der Waals surface area contributed by atoms with Gasteiger partial charge in [-0.3, -0.25) is 9.69 Å². The van der Waals surface area contributed by atoms with Crippen molar-refractivity contribution in [3.05, 3.63) is 41.1 Å². The fraction of sp³-hybridized carbons (Fsp3) is 0.600. The molecule has 1 aromatic heterocycles. The molecule has 198 valence electrons. The molecule has 1 N–H and O–H groups in total. The van der Waals surface area contributed by atoms with Gasteiger partial charge in [-0.2, -0.15) is 0 Å². The van der Waals surface area contributed by atoms with Crippen LogP contribution in [-0.2, 0) is 16.6 Å². The molecule has 2 fully saturated rings. The van der Waals surface area contributed by atoms with Crippen molar-refractivity contribution in [2.24, 2.45) is 5.92 Å². The third-order valence-electron chi connectivity index (χ3n) is 7.02. The zero-order valence-corrected chi connectivity index (χ0v) is 22.4. The van der Waals surface area contributed by atoms with E-state index in [2.05, 4.69) is 26.6 Å². The topological polar surface area (TPSA) is 108 Å². The van der Waals surface area contributed by atoms with Crippen molar-refractivity contribution in [1.82, 2.24) is 24.4 Å². The minimum Gasteiger partial charge on any atom is -0.497 e. The van der Waals surface area contributed by atoms with E-state index in [9.17, 15) is 13.2 Å². The highest BCUT2D eigenvalue weighted by atomic mass is 32.2. The van der Waals surface area contributed by atoms with Crippen LogP contribution in [0.5, 0.6) is 5.75 Å². The normalized spacial score (nSPS) is 20.0. The van der Waals surface area contributed by atoms with E-state index in [1.54, 1.807) is 38.0 Å². The fourth-order valence-corrected chi connectivity index (χ4v) is 6.68. The highest BCUT2D eigenvalue weighted by Gasteiger charge is 2.27. The minimum absolute atomic E-state index is 0.144. The number of benzene rings is 1. The standard InChI is InChI=1S/C25H37N5O5S/c1-18-12-21(34-4)13-19(2)24(18)36(32,33)26-14-23-27-22(17-35-23)25(31)30-10-8-29(9-11-30)16-20-6-5-7-28(3)15-20/h12-13,17,20,26H,5-11,14-16H2,1-4H3. The smallest absolute Gasteiger partial charge is 0.275 e. The molecule has 2 aliphatic rings. The van der Waals surface area contributed by atoms with Crippen molar-refractivity contribution in [2.45, 2.75) is 38.1 Å². The molecular formula is C25H37N5O5S. The van der Waals surface area contributed by atoms with E-state index in [4.69, 9.17) is 9.15 Å². The number of rotatable bonds is 8. The Kier molecular flexibility index (Phi) is 8.34. The molecule has 1 atom stereocenters. The average molecular weight is 520 g/mol. The van der Waals surface area contributed by atoms with E-state index >= 15 is 0 Å².